The van der Waals surface area contributed by atoms with Crippen LogP contribution in [0.5, 0.6) is 0 Å². The molecular weight excluding hydrogens is 534 g/mol. The van der Waals surface area contributed by atoms with Gasteiger partial charge in [-0.3, -0.25) is 13.9 Å². The molecule has 7 nitrogen and oxygen atoms in total. The van der Waals surface area contributed by atoms with Crippen LogP contribution in [0.3, 0.4) is 0 Å². The molecule has 1 unspecified atom stereocenters. The van der Waals surface area contributed by atoms with Gasteiger partial charge in [-0.25, -0.2) is 8.42 Å². The molecule has 0 saturated heterocycles. The molecule has 3 rings (SSSR count). The lowest BCUT2D eigenvalue weighted by atomic mass is 10.1. The van der Waals surface area contributed by atoms with Crippen LogP contribution in [0.1, 0.15) is 42.5 Å². The van der Waals surface area contributed by atoms with E-state index in [1.165, 1.54) is 29.2 Å². The highest BCUT2D eigenvalue weighted by atomic mass is 35.5. The average molecular weight is 570 g/mol. The normalized spacial score (nSPS) is 12.1. The standard InChI is InChI=1S/C30H36ClN3O4S/c1-6-17-32-30(36)24(5)33(19-25-10-8-7-9-22(25)3)29(35)20-34(27-14-11-21(2)23(4)18-27)39(37,38)28-15-12-26(31)13-16-28/h7-16,18,24H,6,17,19-20H2,1-5H3,(H,32,36). The Hall–Kier alpha value is -3.36. The van der Waals surface area contributed by atoms with E-state index >= 15 is 0 Å². The molecule has 0 radical (unpaired) electrons. The molecule has 1 N–H and O–H groups in total. The van der Waals surface area contributed by atoms with Crippen molar-refractivity contribution in [3.8, 4) is 0 Å². The second kappa shape index (κ2) is 13.1. The van der Waals surface area contributed by atoms with Gasteiger partial charge in [0.2, 0.25) is 11.8 Å². The Labute approximate surface area is 236 Å². The summed E-state index contributed by atoms with van der Waals surface area (Å²) in [6.45, 7) is 9.53. The van der Waals surface area contributed by atoms with Crippen LogP contribution >= 0.6 is 11.6 Å². The van der Waals surface area contributed by atoms with Crippen molar-refractivity contribution < 1.29 is 18.0 Å². The molecule has 3 aromatic carbocycles. The number of carbonyl (C=O) groups excluding carboxylic acids is 2. The number of amides is 2. The molecule has 9 heteroatoms. The number of hydrogen-bond acceptors (Lipinski definition) is 4. The molecule has 0 bridgehead atoms. The SMILES string of the molecule is CCCNC(=O)C(C)N(Cc1ccccc1C)C(=O)CN(c1ccc(C)c(C)c1)S(=O)(=O)c1ccc(Cl)cc1. The van der Waals surface area contributed by atoms with E-state index in [1.807, 2.05) is 58.0 Å². The maximum atomic E-state index is 14.0. The van der Waals surface area contributed by atoms with Crippen LogP contribution in [0.15, 0.2) is 71.6 Å². The minimum absolute atomic E-state index is 0.0112. The van der Waals surface area contributed by atoms with E-state index in [1.54, 1.807) is 19.1 Å². The lowest BCUT2D eigenvalue weighted by molar-refractivity contribution is -0.139. The van der Waals surface area contributed by atoms with E-state index in [-0.39, 0.29) is 17.3 Å². The van der Waals surface area contributed by atoms with Crippen molar-refractivity contribution in [2.75, 3.05) is 17.4 Å². The fraction of sp³-hybridized carbons (Fsp3) is 0.333. The van der Waals surface area contributed by atoms with Gasteiger partial charge < -0.3 is 10.2 Å². The van der Waals surface area contributed by atoms with Crippen molar-refractivity contribution in [1.29, 1.82) is 0 Å². The van der Waals surface area contributed by atoms with Gasteiger partial charge in [-0.1, -0.05) is 48.9 Å². The molecule has 0 aliphatic heterocycles. The van der Waals surface area contributed by atoms with E-state index in [4.69, 9.17) is 11.6 Å². The molecule has 208 valence electrons. The molecule has 0 heterocycles. The first-order valence-corrected chi connectivity index (χ1v) is 14.7. The number of hydrogen-bond donors (Lipinski definition) is 1. The third kappa shape index (κ3) is 7.40. The predicted octanol–water partition coefficient (Wildman–Crippen LogP) is 5.40. The summed E-state index contributed by atoms with van der Waals surface area (Å²) < 4.78 is 28.9. The van der Waals surface area contributed by atoms with Crippen LogP contribution in [0.25, 0.3) is 0 Å². The third-order valence-corrected chi connectivity index (χ3v) is 8.82. The van der Waals surface area contributed by atoms with E-state index in [9.17, 15) is 18.0 Å². The lowest BCUT2D eigenvalue weighted by Gasteiger charge is -2.32. The average Bonchev–Trinajstić information content (AvgIpc) is 2.91. The predicted molar refractivity (Wildman–Crippen MR) is 156 cm³/mol. The zero-order valence-corrected chi connectivity index (χ0v) is 24.6. The summed E-state index contributed by atoms with van der Waals surface area (Å²) >= 11 is 6.01. The van der Waals surface area contributed by atoms with Crippen molar-refractivity contribution in [1.82, 2.24) is 10.2 Å². The first-order valence-electron chi connectivity index (χ1n) is 12.9. The van der Waals surface area contributed by atoms with E-state index < -0.39 is 28.5 Å². The van der Waals surface area contributed by atoms with Crippen LogP contribution in [-0.4, -0.2) is 44.3 Å². The van der Waals surface area contributed by atoms with Gasteiger partial charge in [-0.05, 0) is 92.8 Å². The molecule has 0 spiro atoms. The van der Waals surface area contributed by atoms with Crippen molar-refractivity contribution in [3.63, 3.8) is 0 Å². The summed E-state index contributed by atoms with van der Waals surface area (Å²) in [5, 5.41) is 3.25. The van der Waals surface area contributed by atoms with Gasteiger partial charge in [0.15, 0.2) is 0 Å². The number of carbonyl (C=O) groups is 2. The minimum atomic E-state index is -4.14. The number of sulfonamides is 1. The van der Waals surface area contributed by atoms with Crippen LogP contribution in [0.2, 0.25) is 5.02 Å². The minimum Gasteiger partial charge on any atom is -0.354 e. The molecular formula is C30H36ClN3O4S. The number of rotatable bonds is 11. The van der Waals surface area contributed by atoms with Gasteiger partial charge >= 0.3 is 0 Å². The van der Waals surface area contributed by atoms with Crippen LogP contribution in [0.4, 0.5) is 5.69 Å². The summed E-state index contributed by atoms with van der Waals surface area (Å²) in [4.78, 5) is 28.4. The molecule has 0 saturated carbocycles. The van der Waals surface area contributed by atoms with E-state index in [2.05, 4.69) is 5.32 Å². The Morgan fingerprint density at radius 2 is 1.59 bits per heavy atom. The van der Waals surface area contributed by atoms with Crippen molar-refractivity contribution >= 4 is 39.1 Å². The maximum Gasteiger partial charge on any atom is 0.264 e. The zero-order valence-electron chi connectivity index (χ0n) is 23.1. The van der Waals surface area contributed by atoms with Gasteiger partial charge in [-0.15, -0.1) is 0 Å². The highest BCUT2D eigenvalue weighted by Crippen LogP contribution is 2.27. The smallest absolute Gasteiger partial charge is 0.264 e. The molecule has 2 amide bonds. The van der Waals surface area contributed by atoms with Gasteiger partial charge in [0.25, 0.3) is 10.0 Å². The van der Waals surface area contributed by atoms with Crippen LogP contribution in [0, 0.1) is 20.8 Å². The molecule has 0 aliphatic rings. The summed E-state index contributed by atoms with van der Waals surface area (Å²) in [6, 6.07) is 17.9. The monoisotopic (exact) mass is 569 g/mol. The van der Waals surface area contributed by atoms with Crippen LogP contribution in [-0.2, 0) is 26.2 Å². The molecule has 0 aromatic heterocycles. The fourth-order valence-electron chi connectivity index (χ4n) is 4.09. The Morgan fingerprint density at radius 3 is 2.21 bits per heavy atom. The van der Waals surface area contributed by atoms with E-state index in [0.29, 0.717) is 17.3 Å². The number of anilines is 1. The van der Waals surface area contributed by atoms with Gasteiger partial charge in [-0.2, -0.15) is 0 Å². The van der Waals surface area contributed by atoms with Crippen molar-refractivity contribution in [3.05, 3.63) is 94.0 Å². The second-order valence-electron chi connectivity index (χ2n) is 9.65. The Bertz CT molecular complexity index is 1420. The lowest BCUT2D eigenvalue weighted by Crippen LogP contribution is -2.51. The first kappa shape index (κ1) is 30.2. The summed E-state index contributed by atoms with van der Waals surface area (Å²) in [6.07, 6.45) is 0.754. The van der Waals surface area contributed by atoms with Gasteiger partial charge in [0.1, 0.15) is 12.6 Å². The summed E-state index contributed by atoms with van der Waals surface area (Å²) in [7, 11) is -4.14. The Balaban J connectivity index is 2.05. The topological polar surface area (TPSA) is 86.8 Å². The maximum absolute atomic E-state index is 14.0. The number of nitrogens with zero attached hydrogens (tertiary/aromatic N) is 2. The second-order valence-corrected chi connectivity index (χ2v) is 11.9. The Kier molecular flexibility index (Phi) is 10.2. The number of aryl methyl sites for hydroxylation is 3. The highest BCUT2D eigenvalue weighted by Gasteiger charge is 2.32. The Morgan fingerprint density at radius 1 is 0.923 bits per heavy atom. The molecule has 0 aliphatic carbocycles. The largest absolute Gasteiger partial charge is 0.354 e. The van der Waals surface area contributed by atoms with Crippen molar-refractivity contribution in [2.45, 2.75) is 58.5 Å². The van der Waals surface area contributed by atoms with Crippen LogP contribution < -0.4 is 9.62 Å². The number of benzene rings is 3. The van der Waals surface area contributed by atoms with E-state index in [0.717, 1.165) is 33.0 Å². The number of nitrogens with one attached hydrogen (secondary N) is 1. The highest BCUT2D eigenvalue weighted by molar-refractivity contribution is 7.92. The molecule has 3 aromatic rings. The first-order chi connectivity index (χ1) is 18.4. The number of halogens is 1. The summed E-state index contributed by atoms with van der Waals surface area (Å²) in [5.74, 6) is -0.787. The summed E-state index contributed by atoms with van der Waals surface area (Å²) in [5.41, 5.74) is 4.09. The van der Waals surface area contributed by atoms with Gasteiger partial charge in [0, 0.05) is 18.1 Å². The van der Waals surface area contributed by atoms with Gasteiger partial charge in [0.05, 0.1) is 10.6 Å². The fourth-order valence-corrected chi connectivity index (χ4v) is 5.62. The molecule has 0 fully saturated rings. The quantitative estimate of drug-likeness (QED) is 0.335. The zero-order chi connectivity index (χ0) is 28.7. The van der Waals surface area contributed by atoms with Crippen molar-refractivity contribution in [2.24, 2.45) is 0 Å². The molecule has 1 atom stereocenters. The molecule has 39 heavy (non-hydrogen) atoms. The third-order valence-electron chi connectivity index (χ3n) is 6.78.